The van der Waals surface area contributed by atoms with E-state index >= 15 is 0 Å². The molecule has 0 rings (SSSR count). The summed E-state index contributed by atoms with van der Waals surface area (Å²) in [5, 5.41) is -2.07. The van der Waals surface area contributed by atoms with E-state index in [2.05, 4.69) is 11.6 Å². The molecule has 0 aromatic rings. The maximum absolute atomic E-state index is 12.1. The average Bonchev–Trinajstić information content (AvgIpc) is 1.62. The normalized spacial score (nSPS) is 18.2. The van der Waals surface area contributed by atoms with Crippen molar-refractivity contribution in [3.05, 3.63) is 0 Å². The van der Waals surface area contributed by atoms with Crippen LogP contribution in [0.1, 0.15) is 0 Å². The molecule has 0 spiro atoms. The molecule has 0 aromatic heterocycles. The van der Waals surface area contributed by atoms with E-state index in [1.165, 1.54) is 0 Å². The minimum Gasteiger partial charge on any atom is -0.276 e. The van der Waals surface area contributed by atoms with E-state index < -0.39 is 15.1 Å². The standard InChI is InChI=1S/C3ClF4IO/c4-1(10)2(5,9)3(6,7)8. The van der Waals surface area contributed by atoms with Crippen LogP contribution in [0.3, 0.4) is 0 Å². The van der Waals surface area contributed by atoms with E-state index in [4.69, 9.17) is 0 Å². The Morgan fingerprint density at radius 2 is 1.60 bits per heavy atom. The molecule has 0 aliphatic rings. The van der Waals surface area contributed by atoms with Gasteiger partial charge in [-0.05, 0) is 34.2 Å². The molecule has 1 unspecified atom stereocenters. The lowest BCUT2D eigenvalue weighted by molar-refractivity contribution is -0.186. The fourth-order valence-corrected chi connectivity index (χ4v) is 0.219. The summed E-state index contributed by atoms with van der Waals surface area (Å²) < 4.78 is 42.3. The zero-order valence-corrected chi connectivity index (χ0v) is 7.09. The largest absolute Gasteiger partial charge is 0.440 e. The summed E-state index contributed by atoms with van der Waals surface area (Å²) in [4.78, 5) is 9.78. The fraction of sp³-hybridized carbons (Fsp3) is 0.667. The van der Waals surface area contributed by atoms with Crippen molar-refractivity contribution in [2.24, 2.45) is 0 Å². The van der Waals surface area contributed by atoms with Crippen LogP contribution in [0.15, 0.2) is 0 Å². The van der Waals surface area contributed by atoms with Crippen molar-refractivity contribution in [3.8, 4) is 0 Å². The highest BCUT2D eigenvalue weighted by atomic mass is 127. The lowest BCUT2D eigenvalue weighted by Crippen LogP contribution is -2.39. The molecule has 1 nitrogen and oxygen atoms in total. The molecular weight excluding hydrogens is 290 g/mol. The minimum atomic E-state index is -5.24. The molecule has 0 aliphatic carbocycles. The number of carbonyl (C=O) groups excluding carboxylic acids is 1. The zero-order chi connectivity index (χ0) is 8.58. The first kappa shape index (κ1) is 10.4. The van der Waals surface area contributed by atoms with Crippen molar-refractivity contribution in [1.82, 2.24) is 0 Å². The first-order valence-electron chi connectivity index (χ1n) is 1.84. The predicted octanol–water partition coefficient (Wildman–Crippen LogP) is 2.41. The summed E-state index contributed by atoms with van der Waals surface area (Å²) in [6.07, 6.45) is -5.24. The van der Waals surface area contributed by atoms with Gasteiger partial charge in [-0.2, -0.15) is 13.2 Å². The summed E-state index contributed by atoms with van der Waals surface area (Å²) in [6.45, 7) is 0. The Bertz CT molecular complexity index is 153. The molecule has 0 amide bonds. The van der Waals surface area contributed by atoms with Gasteiger partial charge in [0.1, 0.15) is 0 Å². The third-order valence-corrected chi connectivity index (χ3v) is 2.28. The van der Waals surface area contributed by atoms with Gasteiger partial charge >= 0.3 is 9.85 Å². The number of alkyl halides is 5. The fourth-order valence-electron chi connectivity index (χ4n) is 0.111. The molecule has 0 saturated carbocycles. The van der Waals surface area contributed by atoms with Crippen molar-refractivity contribution < 1.29 is 22.4 Å². The van der Waals surface area contributed by atoms with Crippen LogP contribution < -0.4 is 0 Å². The van der Waals surface area contributed by atoms with E-state index in [9.17, 15) is 22.4 Å². The highest BCUT2D eigenvalue weighted by Gasteiger charge is 2.59. The first-order valence-corrected chi connectivity index (χ1v) is 3.29. The monoisotopic (exact) mass is 290 g/mol. The van der Waals surface area contributed by atoms with Crippen molar-refractivity contribution in [2.75, 3.05) is 0 Å². The van der Waals surface area contributed by atoms with Gasteiger partial charge in [-0.15, -0.1) is 0 Å². The highest BCUT2D eigenvalue weighted by Crippen LogP contribution is 2.41. The third kappa shape index (κ3) is 1.94. The van der Waals surface area contributed by atoms with E-state index in [-0.39, 0.29) is 0 Å². The van der Waals surface area contributed by atoms with Gasteiger partial charge in [0.05, 0.1) is 0 Å². The smallest absolute Gasteiger partial charge is 0.276 e. The lowest BCUT2D eigenvalue weighted by atomic mass is 10.4. The van der Waals surface area contributed by atoms with Gasteiger partial charge < -0.3 is 0 Å². The lowest BCUT2D eigenvalue weighted by Gasteiger charge is -2.16. The second-order valence-electron chi connectivity index (χ2n) is 1.35. The van der Waals surface area contributed by atoms with Gasteiger partial charge in [-0.25, -0.2) is 4.39 Å². The maximum atomic E-state index is 12.1. The number of hydrogen-bond donors (Lipinski definition) is 0. The minimum absolute atomic E-state index is 0.299. The Balaban J connectivity index is 4.57. The van der Waals surface area contributed by atoms with Gasteiger partial charge in [-0.1, -0.05) is 0 Å². The summed E-state index contributed by atoms with van der Waals surface area (Å²) in [5.74, 6) is 0. The van der Waals surface area contributed by atoms with Gasteiger partial charge in [-0.3, -0.25) is 4.79 Å². The second kappa shape index (κ2) is 2.80. The van der Waals surface area contributed by atoms with Crippen LogP contribution in [0.2, 0.25) is 0 Å². The molecule has 7 heteroatoms. The van der Waals surface area contributed by atoms with Crippen LogP contribution in [0.4, 0.5) is 17.6 Å². The molecule has 0 bridgehead atoms. The van der Waals surface area contributed by atoms with E-state index in [1.807, 2.05) is 0 Å². The van der Waals surface area contributed by atoms with Crippen LogP contribution in [-0.4, -0.2) is 15.1 Å². The van der Waals surface area contributed by atoms with Crippen LogP contribution in [0.25, 0.3) is 0 Å². The SMILES string of the molecule is O=C(Cl)C(F)(I)C(F)(F)F. The molecule has 0 N–H and O–H groups in total. The van der Waals surface area contributed by atoms with Gasteiger partial charge in [0, 0.05) is 0 Å². The van der Waals surface area contributed by atoms with Gasteiger partial charge in [0.15, 0.2) is 0 Å². The quantitative estimate of drug-likeness (QED) is 0.314. The Hall–Kier alpha value is 0.410. The average molecular weight is 290 g/mol. The number of hydrogen-bond acceptors (Lipinski definition) is 1. The Kier molecular flexibility index (Phi) is 2.92. The molecule has 0 radical (unpaired) electrons. The highest BCUT2D eigenvalue weighted by molar-refractivity contribution is 14.1. The van der Waals surface area contributed by atoms with Crippen LogP contribution in [0.5, 0.6) is 0 Å². The van der Waals surface area contributed by atoms with Crippen molar-refractivity contribution >= 4 is 39.4 Å². The Labute approximate surface area is 71.9 Å². The molecular formula is C3ClF4IO. The third-order valence-electron chi connectivity index (χ3n) is 0.603. The van der Waals surface area contributed by atoms with E-state index in [1.54, 1.807) is 0 Å². The van der Waals surface area contributed by atoms with E-state index in [0.29, 0.717) is 22.6 Å². The van der Waals surface area contributed by atoms with Crippen molar-refractivity contribution in [2.45, 2.75) is 9.85 Å². The number of carbonyl (C=O) groups is 1. The molecule has 0 heterocycles. The molecule has 1 atom stereocenters. The summed E-state index contributed by atoms with van der Waals surface area (Å²) >= 11 is 4.61. The molecule has 10 heavy (non-hydrogen) atoms. The Morgan fingerprint density at radius 3 is 1.60 bits per heavy atom. The molecule has 0 fully saturated rings. The van der Waals surface area contributed by atoms with Crippen LogP contribution >= 0.6 is 34.2 Å². The van der Waals surface area contributed by atoms with Crippen molar-refractivity contribution in [1.29, 1.82) is 0 Å². The maximum Gasteiger partial charge on any atom is 0.440 e. The summed E-state index contributed by atoms with van der Waals surface area (Å²) in [7, 11) is 0. The van der Waals surface area contributed by atoms with Crippen molar-refractivity contribution in [3.63, 3.8) is 0 Å². The predicted molar refractivity (Wildman–Crippen MR) is 34.8 cm³/mol. The zero-order valence-electron chi connectivity index (χ0n) is 4.18. The van der Waals surface area contributed by atoms with Crippen LogP contribution in [-0.2, 0) is 4.79 Å². The molecule has 0 aromatic carbocycles. The van der Waals surface area contributed by atoms with Gasteiger partial charge in [0.25, 0.3) is 5.24 Å². The number of halogens is 6. The summed E-state index contributed by atoms with van der Waals surface area (Å²) in [6, 6.07) is 0. The topological polar surface area (TPSA) is 17.1 Å². The first-order chi connectivity index (χ1) is 4.19. The van der Waals surface area contributed by atoms with Crippen LogP contribution in [0, 0.1) is 0 Å². The molecule has 60 valence electrons. The molecule has 0 saturated heterocycles. The van der Waals surface area contributed by atoms with Gasteiger partial charge in [0.2, 0.25) is 0 Å². The summed E-state index contributed by atoms with van der Waals surface area (Å²) in [5.41, 5.74) is 0. The number of rotatable bonds is 1. The van der Waals surface area contributed by atoms with E-state index in [0.717, 1.165) is 0 Å². The second-order valence-corrected chi connectivity index (χ2v) is 3.18. The Morgan fingerprint density at radius 1 is 1.30 bits per heavy atom. The molecule has 0 aliphatic heterocycles.